The van der Waals surface area contributed by atoms with Gasteiger partial charge in [0, 0.05) is 10.6 Å². The maximum absolute atomic E-state index is 13.1. The number of hydrogen-bond acceptors (Lipinski definition) is 3. The molecule has 3 rings (SSSR count). The summed E-state index contributed by atoms with van der Waals surface area (Å²) >= 11 is 6.43. The standard InChI is InChI=1S/C25H27ClN2O3/c1-3-27(4-2)16-17-28-23(19-12-8-9-13-20(19)26)22(24(30)25(28)31)21(29)15-14-18-10-6-5-7-11-18/h5-15,23,30H,3-4,16-17H2,1-2H3/b15-14+. The number of carbonyl (C=O) groups excluding carboxylic acids is 2. The van der Waals surface area contributed by atoms with Gasteiger partial charge in [-0.3, -0.25) is 9.59 Å². The first-order valence-corrected chi connectivity index (χ1v) is 10.9. The quantitative estimate of drug-likeness (QED) is 0.609. The Kier molecular flexibility index (Phi) is 7.66. The normalized spacial score (nSPS) is 16.7. The minimum Gasteiger partial charge on any atom is -0.868 e. The Morgan fingerprint density at radius 3 is 2.39 bits per heavy atom. The largest absolute Gasteiger partial charge is 0.868 e. The Morgan fingerprint density at radius 1 is 1.10 bits per heavy atom. The third-order valence-electron chi connectivity index (χ3n) is 5.68. The predicted octanol–water partition coefficient (Wildman–Crippen LogP) is 2.04. The molecule has 0 saturated carbocycles. The number of halogens is 1. The summed E-state index contributed by atoms with van der Waals surface area (Å²) in [5.74, 6) is -1.86. The van der Waals surface area contributed by atoms with E-state index in [1.807, 2.05) is 30.3 Å². The number of likely N-dealkylation sites (N-methyl/N-ethyl adjacent to an activating group) is 1. The van der Waals surface area contributed by atoms with Crippen LogP contribution in [0, 0.1) is 0 Å². The molecule has 0 radical (unpaired) electrons. The Hall–Kier alpha value is -2.89. The molecule has 1 heterocycles. The lowest BCUT2D eigenvalue weighted by molar-refractivity contribution is -0.895. The number of benzene rings is 2. The number of allylic oxidation sites excluding steroid dienone is 1. The highest BCUT2D eigenvalue weighted by atomic mass is 35.5. The highest BCUT2D eigenvalue weighted by Crippen LogP contribution is 2.39. The summed E-state index contributed by atoms with van der Waals surface area (Å²) in [4.78, 5) is 28.8. The van der Waals surface area contributed by atoms with Gasteiger partial charge in [0.05, 0.1) is 32.2 Å². The molecule has 1 atom stereocenters. The molecular formula is C25H27ClN2O3. The SMILES string of the molecule is CC[NH+](CC)CCN1C(=O)C([O-])=C(C(=O)/C=C/c2ccccc2)C1c1ccccc1Cl. The average molecular weight is 439 g/mol. The van der Waals surface area contributed by atoms with E-state index in [4.69, 9.17) is 11.6 Å². The molecule has 1 N–H and O–H groups in total. The lowest BCUT2D eigenvalue weighted by Gasteiger charge is -2.29. The van der Waals surface area contributed by atoms with Crippen LogP contribution in [0.5, 0.6) is 0 Å². The molecule has 0 aromatic heterocycles. The molecule has 31 heavy (non-hydrogen) atoms. The van der Waals surface area contributed by atoms with E-state index in [1.165, 1.54) is 15.9 Å². The van der Waals surface area contributed by atoms with E-state index in [2.05, 4.69) is 13.8 Å². The number of ketones is 1. The maximum Gasteiger partial charge on any atom is 0.240 e. The van der Waals surface area contributed by atoms with Crippen LogP contribution in [0.2, 0.25) is 5.02 Å². The number of hydrogen-bond donors (Lipinski definition) is 1. The number of amides is 1. The fraction of sp³-hybridized carbons (Fsp3) is 0.280. The number of rotatable bonds is 9. The minimum absolute atomic E-state index is 0.0418. The van der Waals surface area contributed by atoms with E-state index >= 15 is 0 Å². The van der Waals surface area contributed by atoms with Gasteiger partial charge in [0.2, 0.25) is 5.91 Å². The van der Waals surface area contributed by atoms with E-state index in [0.29, 0.717) is 23.7 Å². The van der Waals surface area contributed by atoms with Crippen LogP contribution in [0.25, 0.3) is 6.08 Å². The van der Waals surface area contributed by atoms with Gasteiger partial charge in [-0.05, 0) is 42.9 Å². The molecule has 1 aliphatic heterocycles. The van der Waals surface area contributed by atoms with Gasteiger partial charge in [0.15, 0.2) is 5.78 Å². The first kappa shape index (κ1) is 22.8. The molecule has 0 spiro atoms. The van der Waals surface area contributed by atoms with Crippen molar-refractivity contribution < 1.29 is 19.6 Å². The van der Waals surface area contributed by atoms with Crippen molar-refractivity contribution in [3.63, 3.8) is 0 Å². The average Bonchev–Trinajstić information content (AvgIpc) is 3.04. The second-order valence-electron chi connectivity index (χ2n) is 7.48. The molecule has 0 bridgehead atoms. The fourth-order valence-electron chi connectivity index (χ4n) is 3.85. The van der Waals surface area contributed by atoms with Crippen LogP contribution in [0.3, 0.4) is 0 Å². The van der Waals surface area contributed by atoms with Gasteiger partial charge >= 0.3 is 0 Å². The van der Waals surface area contributed by atoms with E-state index in [1.54, 1.807) is 30.3 Å². The number of nitrogens with one attached hydrogen (secondary N) is 1. The summed E-state index contributed by atoms with van der Waals surface area (Å²) in [5, 5.41) is 13.3. The monoisotopic (exact) mass is 438 g/mol. The molecule has 5 nitrogen and oxygen atoms in total. The van der Waals surface area contributed by atoms with Gasteiger partial charge in [-0.15, -0.1) is 0 Å². The molecule has 1 aliphatic rings. The molecule has 0 aliphatic carbocycles. The molecule has 2 aromatic rings. The second kappa shape index (κ2) is 10.4. The molecular weight excluding hydrogens is 412 g/mol. The maximum atomic E-state index is 13.1. The zero-order chi connectivity index (χ0) is 22.4. The van der Waals surface area contributed by atoms with Crippen molar-refractivity contribution in [1.29, 1.82) is 0 Å². The van der Waals surface area contributed by atoms with Gasteiger partial charge in [0.1, 0.15) is 0 Å². The first-order chi connectivity index (χ1) is 15.0. The van der Waals surface area contributed by atoms with Crippen molar-refractivity contribution in [3.05, 3.63) is 88.2 Å². The molecule has 162 valence electrons. The molecule has 2 aromatic carbocycles. The number of nitrogens with zero attached hydrogens (tertiary/aromatic N) is 1. The minimum atomic E-state index is -0.781. The van der Waals surface area contributed by atoms with E-state index < -0.39 is 23.5 Å². The van der Waals surface area contributed by atoms with Crippen LogP contribution in [-0.2, 0) is 9.59 Å². The van der Waals surface area contributed by atoms with Crippen molar-refractivity contribution in [1.82, 2.24) is 4.90 Å². The summed E-state index contributed by atoms with van der Waals surface area (Å²) in [7, 11) is 0. The second-order valence-corrected chi connectivity index (χ2v) is 7.89. The summed E-state index contributed by atoms with van der Waals surface area (Å²) in [6.45, 7) is 7.05. The summed E-state index contributed by atoms with van der Waals surface area (Å²) < 4.78 is 0. The van der Waals surface area contributed by atoms with Crippen molar-refractivity contribution >= 4 is 29.4 Å². The van der Waals surface area contributed by atoms with Crippen molar-refractivity contribution in [3.8, 4) is 0 Å². The van der Waals surface area contributed by atoms with Gasteiger partial charge in [0.25, 0.3) is 0 Å². The van der Waals surface area contributed by atoms with E-state index in [0.717, 1.165) is 18.7 Å². The van der Waals surface area contributed by atoms with Crippen LogP contribution in [0.1, 0.15) is 31.0 Å². The Bertz CT molecular complexity index is 997. The predicted molar refractivity (Wildman–Crippen MR) is 120 cm³/mol. The van der Waals surface area contributed by atoms with Crippen LogP contribution in [-0.4, -0.2) is 42.8 Å². The zero-order valence-electron chi connectivity index (χ0n) is 17.8. The third-order valence-corrected chi connectivity index (χ3v) is 6.03. The third kappa shape index (κ3) is 5.06. The molecule has 0 saturated heterocycles. The highest BCUT2D eigenvalue weighted by molar-refractivity contribution is 6.31. The van der Waals surface area contributed by atoms with Gasteiger partial charge in [-0.2, -0.15) is 0 Å². The molecule has 0 fully saturated rings. The zero-order valence-corrected chi connectivity index (χ0v) is 18.6. The lowest BCUT2D eigenvalue weighted by atomic mass is 9.95. The molecule has 6 heteroatoms. The first-order valence-electron chi connectivity index (χ1n) is 10.6. The van der Waals surface area contributed by atoms with Crippen LogP contribution in [0.4, 0.5) is 0 Å². The van der Waals surface area contributed by atoms with Crippen LogP contribution < -0.4 is 10.0 Å². The smallest absolute Gasteiger partial charge is 0.240 e. The Labute approximate surface area is 188 Å². The summed E-state index contributed by atoms with van der Waals surface area (Å²) in [6, 6.07) is 15.6. The number of quaternary nitrogens is 1. The van der Waals surface area contributed by atoms with E-state index in [9.17, 15) is 14.7 Å². The topological polar surface area (TPSA) is 64.9 Å². The van der Waals surface area contributed by atoms with Gasteiger partial charge < -0.3 is 14.9 Å². The van der Waals surface area contributed by atoms with Gasteiger partial charge in [-0.1, -0.05) is 66.2 Å². The lowest BCUT2D eigenvalue weighted by Crippen LogP contribution is -3.12. The van der Waals surface area contributed by atoms with Crippen molar-refractivity contribution in [2.24, 2.45) is 0 Å². The van der Waals surface area contributed by atoms with Crippen molar-refractivity contribution in [2.75, 3.05) is 26.2 Å². The number of carbonyl (C=O) groups is 2. The van der Waals surface area contributed by atoms with Crippen molar-refractivity contribution in [2.45, 2.75) is 19.9 Å². The van der Waals surface area contributed by atoms with Gasteiger partial charge in [-0.25, -0.2) is 0 Å². The fourth-order valence-corrected chi connectivity index (χ4v) is 4.09. The molecule has 1 unspecified atom stereocenters. The molecule has 1 amide bonds. The highest BCUT2D eigenvalue weighted by Gasteiger charge is 2.39. The van der Waals surface area contributed by atoms with Crippen LogP contribution in [0.15, 0.2) is 72.0 Å². The van der Waals surface area contributed by atoms with Crippen LogP contribution >= 0.6 is 11.6 Å². The van der Waals surface area contributed by atoms with E-state index in [-0.39, 0.29) is 5.57 Å². The summed E-state index contributed by atoms with van der Waals surface area (Å²) in [6.07, 6.45) is 3.01. The summed E-state index contributed by atoms with van der Waals surface area (Å²) in [5.41, 5.74) is 1.39. The Morgan fingerprint density at radius 2 is 1.74 bits per heavy atom. The Balaban J connectivity index is 1.97.